The van der Waals surface area contributed by atoms with Crippen molar-refractivity contribution in [1.82, 2.24) is 9.97 Å². The predicted molar refractivity (Wildman–Crippen MR) is 70.3 cm³/mol. The molecule has 1 unspecified atom stereocenters. The third-order valence-corrected chi connectivity index (χ3v) is 2.48. The van der Waals surface area contributed by atoms with E-state index in [1.165, 1.54) is 0 Å². The molecule has 2 rings (SSSR count). The Hall–Kier alpha value is -1.92. The molecule has 1 atom stereocenters. The molecule has 6 heteroatoms. The molecule has 0 bridgehead atoms. The molecule has 18 heavy (non-hydrogen) atoms. The smallest absolute Gasteiger partial charge is 0.222 e. The van der Waals surface area contributed by atoms with Crippen LogP contribution in [0.15, 0.2) is 24.3 Å². The number of nitrogens with zero attached hydrogens (tertiary/aromatic N) is 2. The topological polar surface area (TPSA) is 93.3 Å². The average molecular weight is 248 g/mol. The molecule has 0 radical (unpaired) electrons. The van der Waals surface area contributed by atoms with Crippen molar-refractivity contribution in [3.05, 3.63) is 24.3 Å². The van der Waals surface area contributed by atoms with Gasteiger partial charge in [-0.15, -0.1) is 0 Å². The van der Waals surface area contributed by atoms with E-state index in [-0.39, 0.29) is 12.6 Å². The van der Waals surface area contributed by atoms with Crippen molar-refractivity contribution in [2.45, 2.75) is 6.10 Å². The van der Waals surface area contributed by atoms with Crippen LogP contribution in [-0.2, 0) is 4.74 Å². The molecule has 1 heterocycles. The molecule has 0 aliphatic heterocycles. The number of aliphatic hydroxyl groups excluding tert-OH is 1. The highest BCUT2D eigenvalue weighted by molar-refractivity contribution is 5.89. The Balaban J connectivity index is 2.21. The molecule has 0 aliphatic carbocycles. The Bertz CT molecular complexity index is 532. The van der Waals surface area contributed by atoms with Gasteiger partial charge in [-0.25, -0.2) is 4.98 Å². The van der Waals surface area contributed by atoms with Crippen molar-refractivity contribution in [1.29, 1.82) is 0 Å². The van der Waals surface area contributed by atoms with E-state index in [1.54, 1.807) is 7.11 Å². The second kappa shape index (κ2) is 5.61. The van der Waals surface area contributed by atoms with Gasteiger partial charge in [-0.05, 0) is 12.1 Å². The number of aliphatic hydroxyl groups is 1. The van der Waals surface area contributed by atoms with Gasteiger partial charge >= 0.3 is 0 Å². The second-order valence-electron chi connectivity index (χ2n) is 3.94. The Morgan fingerprint density at radius 2 is 2.17 bits per heavy atom. The lowest BCUT2D eigenvalue weighted by molar-refractivity contribution is 0.0727. The van der Waals surface area contributed by atoms with Gasteiger partial charge in [-0.3, -0.25) is 0 Å². The third kappa shape index (κ3) is 2.85. The minimum Gasteiger partial charge on any atom is -0.389 e. The molecular formula is C12H16N4O2. The van der Waals surface area contributed by atoms with Crippen molar-refractivity contribution in [3.63, 3.8) is 0 Å². The highest BCUT2D eigenvalue weighted by Gasteiger charge is 2.08. The van der Waals surface area contributed by atoms with Crippen molar-refractivity contribution in [2.75, 3.05) is 31.3 Å². The van der Waals surface area contributed by atoms with Crippen LogP contribution in [0.5, 0.6) is 0 Å². The number of hydrogen-bond donors (Lipinski definition) is 3. The molecule has 96 valence electrons. The number of hydrogen-bond acceptors (Lipinski definition) is 6. The Kier molecular flexibility index (Phi) is 3.91. The molecule has 1 aromatic carbocycles. The molecule has 1 aromatic heterocycles. The van der Waals surface area contributed by atoms with Crippen LogP contribution in [-0.4, -0.2) is 41.4 Å². The number of fused-ring (bicyclic) bond motifs is 1. The first-order valence-electron chi connectivity index (χ1n) is 5.64. The highest BCUT2D eigenvalue weighted by atomic mass is 16.5. The summed E-state index contributed by atoms with van der Waals surface area (Å²) in [5.74, 6) is 0.825. The van der Waals surface area contributed by atoms with Gasteiger partial charge in [-0.2, -0.15) is 4.98 Å². The van der Waals surface area contributed by atoms with Gasteiger partial charge in [0.15, 0.2) is 0 Å². The fourth-order valence-corrected chi connectivity index (χ4v) is 1.70. The number of rotatable bonds is 5. The minimum absolute atomic E-state index is 0.206. The van der Waals surface area contributed by atoms with Gasteiger partial charge < -0.3 is 20.9 Å². The lowest BCUT2D eigenvalue weighted by Gasteiger charge is -2.13. The summed E-state index contributed by atoms with van der Waals surface area (Å²) in [7, 11) is 1.54. The lowest BCUT2D eigenvalue weighted by atomic mass is 10.2. The lowest BCUT2D eigenvalue weighted by Crippen LogP contribution is -2.24. The molecule has 0 saturated carbocycles. The van der Waals surface area contributed by atoms with Crippen LogP contribution in [0.25, 0.3) is 10.9 Å². The van der Waals surface area contributed by atoms with E-state index in [2.05, 4.69) is 15.3 Å². The Morgan fingerprint density at radius 3 is 2.94 bits per heavy atom. The van der Waals surface area contributed by atoms with Crippen LogP contribution in [0, 0.1) is 0 Å². The van der Waals surface area contributed by atoms with Gasteiger partial charge in [0.1, 0.15) is 5.82 Å². The number of aromatic nitrogens is 2. The Labute approximate surface area is 105 Å². The van der Waals surface area contributed by atoms with Gasteiger partial charge in [0, 0.05) is 19.0 Å². The van der Waals surface area contributed by atoms with E-state index < -0.39 is 6.10 Å². The fourth-order valence-electron chi connectivity index (χ4n) is 1.70. The maximum absolute atomic E-state index is 9.59. The number of methoxy groups -OCH3 is 1. The van der Waals surface area contributed by atoms with Gasteiger partial charge in [0.25, 0.3) is 0 Å². The number of nitrogen functional groups attached to an aromatic ring is 1. The van der Waals surface area contributed by atoms with E-state index >= 15 is 0 Å². The van der Waals surface area contributed by atoms with Crippen molar-refractivity contribution in [2.24, 2.45) is 0 Å². The van der Waals surface area contributed by atoms with Gasteiger partial charge in [-0.1, -0.05) is 12.1 Å². The maximum atomic E-state index is 9.59. The summed E-state index contributed by atoms with van der Waals surface area (Å²) in [5, 5.41) is 13.5. The molecule has 0 saturated heterocycles. The van der Waals surface area contributed by atoms with E-state index in [0.29, 0.717) is 12.4 Å². The summed E-state index contributed by atoms with van der Waals surface area (Å²) in [5.41, 5.74) is 6.41. The van der Waals surface area contributed by atoms with Crippen molar-refractivity contribution < 1.29 is 9.84 Å². The first kappa shape index (κ1) is 12.5. The Morgan fingerprint density at radius 1 is 1.39 bits per heavy atom. The summed E-state index contributed by atoms with van der Waals surface area (Å²) in [4.78, 5) is 8.28. The monoisotopic (exact) mass is 248 g/mol. The molecule has 4 N–H and O–H groups in total. The number of benzene rings is 1. The number of ether oxygens (including phenoxy) is 1. The molecule has 0 spiro atoms. The predicted octanol–water partition coefficient (Wildman–Crippen LogP) is 0.631. The molecule has 0 amide bonds. The average Bonchev–Trinajstić information content (AvgIpc) is 2.36. The molecule has 0 fully saturated rings. The van der Waals surface area contributed by atoms with Crippen LogP contribution in [0.2, 0.25) is 0 Å². The van der Waals surface area contributed by atoms with E-state index in [9.17, 15) is 5.11 Å². The SMILES string of the molecule is COCC(O)CNc1nc(N)nc2ccccc12. The van der Waals surface area contributed by atoms with E-state index in [0.717, 1.165) is 10.9 Å². The van der Waals surface area contributed by atoms with Crippen LogP contribution in [0.4, 0.5) is 11.8 Å². The van der Waals surface area contributed by atoms with Gasteiger partial charge in [0.05, 0.1) is 18.2 Å². The highest BCUT2D eigenvalue weighted by Crippen LogP contribution is 2.20. The minimum atomic E-state index is -0.593. The quantitative estimate of drug-likeness (QED) is 0.718. The zero-order valence-electron chi connectivity index (χ0n) is 10.1. The first-order valence-corrected chi connectivity index (χ1v) is 5.64. The summed E-state index contributed by atoms with van der Waals surface area (Å²) >= 11 is 0. The van der Waals surface area contributed by atoms with E-state index in [1.807, 2.05) is 24.3 Å². The van der Waals surface area contributed by atoms with Gasteiger partial charge in [0.2, 0.25) is 5.95 Å². The van der Waals surface area contributed by atoms with E-state index in [4.69, 9.17) is 10.5 Å². The molecule has 2 aromatic rings. The third-order valence-electron chi connectivity index (χ3n) is 2.48. The zero-order chi connectivity index (χ0) is 13.0. The maximum Gasteiger partial charge on any atom is 0.222 e. The normalized spacial score (nSPS) is 12.6. The van der Waals surface area contributed by atoms with Crippen LogP contribution in [0.1, 0.15) is 0 Å². The molecule has 6 nitrogen and oxygen atoms in total. The fraction of sp³-hybridized carbons (Fsp3) is 0.333. The van der Waals surface area contributed by atoms with Crippen molar-refractivity contribution >= 4 is 22.7 Å². The second-order valence-corrected chi connectivity index (χ2v) is 3.94. The summed E-state index contributed by atoms with van der Waals surface area (Å²) in [6.07, 6.45) is -0.593. The summed E-state index contributed by atoms with van der Waals surface area (Å²) < 4.78 is 4.86. The first-order chi connectivity index (χ1) is 8.70. The molecular weight excluding hydrogens is 232 g/mol. The number of para-hydroxylation sites is 1. The summed E-state index contributed by atoms with van der Waals surface area (Å²) in [6.45, 7) is 0.611. The largest absolute Gasteiger partial charge is 0.389 e. The van der Waals surface area contributed by atoms with Crippen LogP contribution >= 0.6 is 0 Å². The summed E-state index contributed by atoms with van der Waals surface area (Å²) in [6, 6.07) is 7.56. The zero-order valence-corrected chi connectivity index (χ0v) is 10.1. The number of nitrogens with two attached hydrogens (primary N) is 1. The van der Waals surface area contributed by atoms with Crippen LogP contribution in [0.3, 0.4) is 0 Å². The standard InChI is InChI=1S/C12H16N4O2/c1-18-7-8(17)6-14-11-9-4-2-3-5-10(9)15-12(13)16-11/h2-5,8,17H,6-7H2,1H3,(H3,13,14,15,16). The van der Waals surface area contributed by atoms with Crippen molar-refractivity contribution in [3.8, 4) is 0 Å². The number of nitrogens with one attached hydrogen (secondary N) is 1. The molecule has 0 aliphatic rings. The number of anilines is 2. The van der Waals surface area contributed by atoms with Crippen LogP contribution < -0.4 is 11.1 Å².